The van der Waals surface area contributed by atoms with Gasteiger partial charge in [-0.25, -0.2) is 8.78 Å². The summed E-state index contributed by atoms with van der Waals surface area (Å²) in [5, 5.41) is -0.981. The fraction of sp³-hybridized carbons (Fsp3) is 0.222. The van der Waals surface area contributed by atoms with E-state index in [-0.39, 0.29) is 6.07 Å². The summed E-state index contributed by atoms with van der Waals surface area (Å²) in [5.74, 6) is -9.33. The molecule has 0 saturated heterocycles. The number of hydrogen-bond acceptors (Lipinski definition) is 3. The van der Waals surface area contributed by atoms with Crippen molar-refractivity contribution >= 4 is 18.6 Å². The number of hydrogen-bond donors (Lipinski definition) is 1. The van der Waals surface area contributed by atoms with Crippen LogP contribution in [0.1, 0.15) is 6.92 Å². The molecule has 1 rings (SSSR count). The third-order valence-corrected chi connectivity index (χ3v) is 1.83. The number of benzene rings is 1. The van der Waals surface area contributed by atoms with Crippen LogP contribution in [-0.4, -0.2) is 11.2 Å². The molecule has 1 aromatic rings. The normalized spacial score (nSPS) is 12.4. The Hall–Kier alpha value is -1.24. The summed E-state index contributed by atoms with van der Waals surface area (Å²) in [6, 6.07) is 0.0200. The molecule has 88 valence electrons. The molecular weight excluding hydrogens is 248 g/mol. The topological polar surface area (TPSA) is 26.3 Å². The molecule has 1 unspecified atom stereocenters. The van der Waals surface area contributed by atoms with Crippen molar-refractivity contribution in [2.75, 3.05) is 0 Å². The van der Waals surface area contributed by atoms with Crippen LogP contribution in [0.15, 0.2) is 6.07 Å². The smallest absolute Gasteiger partial charge is 0.324 e. The first-order valence-corrected chi connectivity index (χ1v) is 4.59. The number of esters is 1. The minimum absolute atomic E-state index is 0.0200. The van der Waals surface area contributed by atoms with Crippen LogP contribution in [0.2, 0.25) is 0 Å². The van der Waals surface area contributed by atoms with E-state index in [1.54, 1.807) is 0 Å². The van der Waals surface area contributed by atoms with E-state index in [1.165, 1.54) is 6.92 Å². The minimum Gasteiger partial charge on any atom is -0.419 e. The fourth-order valence-electron chi connectivity index (χ4n) is 0.827. The van der Waals surface area contributed by atoms with Gasteiger partial charge in [-0.2, -0.15) is 21.4 Å². The Balaban J connectivity index is 3.18. The Labute approximate surface area is 93.6 Å². The van der Waals surface area contributed by atoms with E-state index in [2.05, 4.69) is 17.4 Å². The third kappa shape index (κ3) is 2.46. The van der Waals surface area contributed by atoms with E-state index < -0.39 is 40.2 Å². The highest BCUT2D eigenvalue weighted by molar-refractivity contribution is 7.81. The van der Waals surface area contributed by atoms with Gasteiger partial charge < -0.3 is 4.74 Å². The zero-order valence-corrected chi connectivity index (χ0v) is 8.82. The maximum absolute atomic E-state index is 13.0. The van der Waals surface area contributed by atoms with Gasteiger partial charge in [-0.15, -0.1) is 0 Å². The lowest BCUT2D eigenvalue weighted by Crippen LogP contribution is -2.19. The van der Waals surface area contributed by atoms with Crippen molar-refractivity contribution in [2.45, 2.75) is 12.2 Å². The van der Waals surface area contributed by atoms with E-state index in [4.69, 9.17) is 0 Å². The summed E-state index contributed by atoms with van der Waals surface area (Å²) in [7, 11) is 0. The van der Waals surface area contributed by atoms with E-state index in [0.717, 1.165) is 0 Å². The number of carbonyl (C=O) groups excluding carboxylic acids is 1. The van der Waals surface area contributed by atoms with Gasteiger partial charge in [-0.05, 0) is 6.92 Å². The van der Waals surface area contributed by atoms with Gasteiger partial charge in [0.2, 0.25) is 17.4 Å². The average molecular weight is 254 g/mol. The lowest BCUT2D eigenvalue weighted by molar-refractivity contribution is -0.133. The van der Waals surface area contributed by atoms with Crippen molar-refractivity contribution in [1.29, 1.82) is 0 Å². The van der Waals surface area contributed by atoms with Gasteiger partial charge >= 0.3 is 5.97 Å². The molecule has 0 amide bonds. The molecule has 0 fully saturated rings. The monoisotopic (exact) mass is 254 g/mol. The molecule has 1 atom stereocenters. The molecule has 7 heteroatoms. The van der Waals surface area contributed by atoms with Crippen LogP contribution >= 0.6 is 12.6 Å². The molecular formula is C9H6F4O2S. The highest BCUT2D eigenvalue weighted by Gasteiger charge is 2.24. The molecule has 2 nitrogen and oxygen atoms in total. The summed E-state index contributed by atoms with van der Waals surface area (Å²) in [6.45, 7) is 1.27. The van der Waals surface area contributed by atoms with Crippen molar-refractivity contribution < 1.29 is 27.1 Å². The number of rotatable bonds is 2. The summed E-state index contributed by atoms with van der Waals surface area (Å²) in [4.78, 5) is 11.0. The molecule has 0 saturated carbocycles. The SMILES string of the molecule is CC(S)C(=O)Oc1c(F)c(F)cc(F)c1F. The van der Waals surface area contributed by atoms with Gasteiger partial charge in [-0.3, -0.25) is 4.79 Å². The van der Waals surface area contributed by atoms with Crippen molar-refractivity contribution in [3.05, 3.63) is 29.3 Å². The fourth-order valence-corrected chi connectivity index (χ4v) is 0.879. The van der Waals surface area contributed by atoms with Crippen molar-refractivity contribution in [3.8, 4) is 5.75 Å². The number of ether oxygens (including phenoxy) is 1. The van der Waals surface area contributed by atoms with Crippen LogP contribution in [0.4, 0.5) is 17.6 Å². The molecule has 0 spiro atoms. The standard InChI is InChI=1S/C9H6F4O2S/c1-3(16)9(14)15-8-6(12)4(10)2-5(11)7(8)13/h2-3,16H,1H3. The molecule has 0 bridgehead atoms. The predicted octanol–water partition coefficient (Wildman–Crippen LogP) is 2.47. The van der Waals surface area contributed by atoms with Gasteiger partial charge in [-0.1, -0.05) is 0 Å². The average Bonchev–Trinajstić information content (AvgIpc) is 2.21. The lowest BCUT2D eigenvalue weighted by atomic mass is 10.3. The summed E-state index contributed by atoms with van der Waals surface area (Å²) in [6.07, 6.45) is 0. The van der Waals surface area contributed by atoms with Crippen LogP contribution in [0.3, 0.4) is 0 Å². The van der Waals surface area contributed by atoms with Gasteiger partial charge in [0.25, 0.3) is 0 Å². The summed E-state index contributed by atoms with van der Waals surface area (Å²) >= 11 is 3.64. The zero-order chi connectivity index (χ0) is 12.5. The molecule has 0 aliphatic rings. The second-order valence-electron chi connectivity index (χ2n) is 2.89. The van der Waals surface area contributed by atoms with Crippen LogP contribution in [-0.2, 0) is 4.79 Å². The van der Waals surface area contributed by atoms with Crippen LogP contribution in [0.25, 0.3) is 0 Å². The third-order valence-electron chi connectivity index (χ3n) is 1.62. The maximum Gasteiger partial charge on any atom is 0.324 e. The molecule has 0 aliphatic heterocycles. The number of halogens is 4. The van der Waals surface area contributed by atoms with Gasteiger partial charge in [0.15, 0.2) is 11.6 Å². The molecule has 0 radical (unpaired) electrons. The largest absolute Gasteiger partial charge is 0.419 e. The first-order chi connectivity index (χ1) is 7.34. The first kappa shape index (κ1) is 12.8. The molecule has 0 aromatic heterocycles. The van der Waals surface area contributed by atoms with Gasteiger partial charge in [0, 0.05) is 6.07 Å². The second kappa shape index (κ2) is 4.73. The van der Waals surface area contributed by atoms with E-state index >= 15 is 0 Å². The Kier molecular flexibility index (Phi) is 3.79. The minimum atomic E-state index is -1.76. The maximum atomic E-state index is 13.0. The van der Waals surface area contributed by atoms with Crippen LogP contribution < -0.4 is 4.74 Å². The molecule has 0 N–H and O–H groups in total. The highest BCUT2D eigenvalue weighted by atomic mass is 32.1. The number of thiol groups is 1. The van der Waals surface area contributed by atoms with E-state index in [9.17, 15) is 22.4 Å². The Morgan fingerprint density at radius 2 is 1.69 bits per heavy atom. The van der Waals surface area contributed by atoms with Gasteiger partial charge in [0.05, 0.1) is 5.25 Å². The van der Waals surface area contributed by atoms with Crippen molar-refractivity contribution in [1.82, 2.24) is 0 Å². The summed E-state index contributed by atoms with van der Waals surface area (Å²) in [5.41, 5.74) is 0. The highest BCUT2D eigenvalue weighted by Crippen LogP contribution is 2.26. The summed E-state index contributed by atoms with van der Waals surface area (Å²) < 4.78 is 55.5. The molecule has 0 heterocycles. The molecule has 16 heavy (non-hydrogen) atoms. The van der Waals surface area contributed by atoms with Crippen LogP contribution in [0, 0.1) is 23.3 Å². The van der Waals surface area contributed by atoms with E-state index in [0.29, 0.717) is 0 Å². The van der Waals surface area contributed by atoms with Gasteiger partial charge in [0.1, 0.15) is 0 Å². The number of carbonyl (C=O) groups is 1. The zero-order valence-electron chi connectivity index (χ0n) is 7.93. The van der Waals surface area contributed by atoms with Crippen LogP contribution in [0.5, 0.6) is 5.75 Å². The Morgan fingerprint density at radius 3 is 2.06 bits per heavy atom. The first-order valence-electron chi connectivity index (χ1n) is 4.07. The van der Waals surface area contributed by atoms with Crippen molar-refractivity contribution in [3.63, 3.8) is 0 Å². The molecule has 0 aliphatic carbocycles. The predicted molar refractivity (Wildman–Crippen MR) is 50.4 cm³/mol. The quantitative estimate of drug-likeness (QED) is 0.288. The lowest BCUT2D eigenvalue weighted by Gasteiger charge is -2.08. The van der Waals surface area contributed by atoms with Crippen molar-refractivity contribution in [2.24, 2.45) is 0 Å². The Morgan fingerprint density at radius 1 is 1.25 bits per heavy atom. The second-order valence-corrected chi connectivity index (χ2v) is 3.67. The Bertz CT molecular complexity index is 408. The van der Waals surface area contributed by atoms with E-state index in [1.807, 2.05) is 0 Å². The molecule has 1 aromatic carbocycles.